The second-order valence-corrected chi connectivity index (χ2v) is 6.35. The van der Waals surface area contributed by atoms with Crippen LogP contribution in [-0.2, 0) is 11.3 Å². The van der Waals surface area contributed by atoms with Gasteiger partial charge in [-0.3, -0.25) is 4.79 Å². The zero-order chi connectivity index (χ0) is 16.9. The number of pyridine rings is 1. The summed E-state index contributed by atoms with van der Waals surface area (Å²) in [7, 11) is 0. The number of aromatic nitrogens is 1. The number of carbonyl (C=O) groups is 1. The van der Waals surface area contributed by atoms with E-state index in [4.69, 9.17) is 4.74 Å². The van der Waals surface area contributed by atoms with Crippen LogP contribution in [0.25, 0.3) is 0 Å². The molecule has 1 N–H and O–H groups in total. The molecule has 126 valence electrons. The quantitative estimate of drug-likeness (QED) is 0.867. The van der Waals surface area contributed by atoms with Gasteiger partial charge in [0.1, 0.15) is 11.6 Å². The molecule has 1 amide bonds. The van der Waals surface area contributed by atoms with Gasteiger partial charge in [0.2, 0.25) is 0 Å². The Morgan fingerprint density at radius 2 is 2.12 bits per heavy atom. The Morgan fingerprint density at radius 1 is 1.33 bits per heavy atom. The Hall–Kier alpha value is -1.99. The molecule has 0 bridgehead atoms. The number of morpholine rings is 1. The highest BCUT2D eigenvalue weighted by atomic mass is 79.9. The first-order valence-corrected chi connectivity index (χ1v) is 8.43. The van der Waals surface area contributed by atoms with E-state index in [9.17, 15) is 9.18 Å². The molecule has 2 heterocycles. The first-order valence-electron chi connectivity index (χ1n) is 7.64. The molecule has 2 aromatic rings. The number of hydrogen-bond acceptors (Lipinski definition) is 4. The van der Waals surface area contributed by atoms with Crippen LogP contribution in [0.3, 0.4) is 0 Å². The van der Waals surface area contributed by atoms with E-state index in [-0.39, 0.29) is 18.3 Å². The second kappa shape index (κ2) is 7.72. The van der Waals surface area contributed by atoms with E-state index >= 15 is 0 Å². The van der Waals surface area contributed by atoms with Crippen molar-refractivity contribution in [1.82, 2.24) is 10.3 Å². The maximum Gasteiger partial charge on any atom is 0.255 e. The molecule has 0 spiro atoms. The third-order valence-corrected chi connectivity index (χ3v) is 4.18. The molecule has 0 atom stereocenters. The van der Waals surface area contributed by atoms with Crippen molar-refractivity contribution in [2.24, 2.45) is 0 Å². The molecule has 1 saturated heterocycles. The van der Waals surface area contributed by atoms with Gasteiger partial charge in [-0.2, -0.15) is 0 Å². The van der Waals surface area contributed by atoms with Crippen LogP contribution in [0.2, 0.25) is 0 Å². The second-order valence-electron chi connectivity index (χ2n) is 5.43. The molecule has 3 rings (SSSR count). The van der Waals surface area contributed by atoms with Gasteiger partial charge in [-0.25, -0.2) is 9.37 Å². The zero-order valence-electron chi connectivity index (χ0n) is 13.0. The van der Waals surface area contributed by atoms with Crippen molar-refractivity contribution in [3.05, 3.63) is 57.9 Å². The lowest BCUT2D eigenvalue weighted by Gasteiger charge is -2.29. The summed E-state index contributed by atoms with van der Waals surface area (Å²) in [6.07, 6.45) is 1.67. The minimum Gasteiger partial charge on any atom is -0.378 e. The van der Waals surface area contributed by atoms with Gasteiger partial charge >= 0.3 is 0 Å². The Morgan fingerprint density at radius 3 is 2.88 bits per heavy atom. The van der Waals surface area contributed by atoms with Crippen LogP contribution in [0.1, 0.15) is 15.9 Å². The Labute approximate surface area is 148 Å². The average molecular weight is 394 g/mol. The first kappa shape index (κ1) is 16.9. The molecule has 0 aliphatic carbocycles. The minimum atomic E-state index is -0.344. The number of anilines is 1. The predicted molar refractivity (Wildman–Crippen MR) is 92.5 cm³/mol. The molecule has 7 heteroatoms. The van der Waals surface area contributed by atoms with Gasteiger partial charge in [0.15, 0.2) is 0 Å². The SMILES string of the molecule is O=C(NCc1cc(F)cc(Br)c1)c1cccnc1N1CCOCC1. The van der Waals surface area contributed by atoms with Crippen LogP contribution >= 0.6 is 15.9 Å². The molecule has 24 heavy (non-hydrogen) atoms. The van der Waals surface area contributed by atoms with Crippen LogP contribution < -0.4 is 10.2 Å². The van der Waals surface area contributed by atoms with E-state index in [1.165, 1.54) is 12.1 Å². The van der Waals surface area contributed by atoms with Crippen molar-refractivity contribution in [1.29, 1.82) is 0 Å². The number of nitrogens with zero attached hydrogens (tertiary/aromatic N) is 2. The summed E-state index contributed by atoms with van der Waals surface area (Å²) in [6.45, 7) is 2.89. The number of rotatable bonds is 4. The predicted octanol–water partition coefficient (Wildman–Crippen LogP) is 2.75. The van der Waals surface area contributed by atoms with Gasteiger partial charge in [0, 0.05) is 30.3 Å². The zero-order valence-corrected chi connectivity index (χ0v) is 14.6. The van der Waals surface area contributed by atoms with E-state index < -0.39 is 0 Å². The molecule has 1 aliphatic rings. The lowest BCUT2D eigenvalue weighted by atomic mass is 10.2. The smallest absolute Gasteiger partial charge is 0.255 e. The summed E-state index contributed by atoms with van der Waals surface area (Å²) in [4.78, 5) is 18.9. The summed E-state index contributed by atoms with van der Waals surface area (Å²) in [6, 6.07) is 8.03. The van der Waals surface area contributed by atoms with E-state index in [0.717, 1.165) is 0 Å². The molecular formula is C17H17BrFN3O2. The maximum atomic E-state index is 13.4. The monoisotopic (exact) mass is 393 g/mol. The lowest BCUT2D eigenvalue weighted by Crippen LogP contribution is -2.38. The topological polar surface area (TPSA) is 54.5 Å². The van der Waals surface area contributed by atoms with Gasteiger partial charge in [-0.1, -0.05) is 15.9 Å². The Bertz CT molecular complexity index is 715. The molecule has 0 unspecified atom stereocenters. The van der Waals surface area contributed by atoms with E-state index in [1.807, 2.05) is 4.90 Å². The largest absolute Gasteiger partial charge is 0.378 e. The van der Waals surface area contributed by atoms with Gasteiger partial charge < -0.3 is 15.0 Å². The Balaban J connectivity index is 1.73. The first-order chi connectivity index (χ1) is 11.6. The number of carbonyl (C=O) groups excluding carboxylic acids is 1. The van der Waals surface area contributed by atoms with Gasteiger partial charge in [-0.15, -0.1) is 0 Å². The molecule has 1 aromatic carbocycles. The number of halogens is 2. The fraction of sp³-hybridized carbons (Fsp3) is 0.294. The standard InChI is InChI=1S/C17H17BrFN3O2/c18-13-8-12(9-14(19)10-13)11-21-17(23)15-2-1-3-20-16(15)22-4-6-24-7-5-22/h1-3,8-10H,4-7,11H2,(H,21,23). The molecular weight excluding hydrogens is 377 g/mol. The van der Waals surface area contributed by atoms with Crippen LogP contribution in [0, 0.1) is 5.82 Å². The molecule has 1 fully saturated rings. The lowest BCUT2D eigenvalue weighted by molar-refractivity contribution is 0.0949. The number of hydrogen-bond donors (Lipinski definition) is 1. The van der Waals surface area contributed by atoms with Crippen molar-refractivity contribution in [2.75, 3.05) is 31.2 Å². The minimum absolute atomic E-state index is 0.232. The fourth-order valence-corrected chi connectivity index (χ4v) is 3.10. The number of amides is 1. The van der Waals surface area contributed by atoms with E-state index in [2.05, 4.69) is 26.2 Å². The van der Waals surface area contributed by atoms with Crippen molar-refractivity contribution < 1.29 is 13.9 Å². The summed E-state index contributed by atoms with van der Waals surface area (Å²) >= 11 is 3.25. The molecule has 1 aromatic heterocycles. The van der Waals surface area contributed by atoms with E-state index in [1.54, 1.807) is 24.4 Å². The third-order valence-electron chi connectivity index (χ3n) is 3.72. The average Bonchev–Trinajstić information content (AvgIpc) is 2.60. The fourth-order valence-electron chi connectivity index (χ4n) is 2.59. The van der Waals surface area contributed by atoms with Crippen molar-refractivity contribution in [3.8, 4) is 0 Å². The van der Waals surface area contributed by atoms with Gasteiger partial charge in [0.25, 0.3) is 5.91 Å². The van der Waals surface area contributed by atoms with Crippen molar-refractivity contribution >= 4 is 27.7 Å². The number of nitrogens with one attached hydrogen (secondary N) is 1. The summed E-state index contributed by atoms with van der Waals surface area (Å²) < 4.78 is 19.4. The van der Waals surface area contributed by atoms with Crippen LogP contribution in [0.5, 0.6) is 0 Å². The Kier molecular flexibility index (Phi) is 5.42. The summed E-state index contributed by atoms with van der Waals surface area (Å²) in [5.74, 6) is 0.0766. The van der Waals surface area contributed by atoms with Crippen molar-refractivity contribution in [3.63, 3.8) is 0 Å². The molecule has 0 radical (unpaired) electrons. The summed E-state index contributed by atoms with van der Waals surface area (Å²) in [5.41, 5.74) is 1.20. The van der Waals surface area contributed by atoms with E-state index in [0.29, 0.717) is 47.7 Å². The third kappa shape index (κ3) is 4.10. The van der Waals surface area contributed by atoms with Crippen LogP contribution in [-0.4, -0.2) is 37.2 Å². The highest BCUT2D eigenvalue weighted by Crippen LogP contribution is 2.19. The summed E-state index contributed by atoms with van der Waals surface area (Å²) in [5, 5.41) is 2.82. The van der Waals surface area contributed by atoms with Gasteiger partial charge in [0.05, 0.1) is 18.8 Å². The normalized spacial score (nSPS) is 14.5. The number of benzene rings is 1. The highest BCUT2D eigenvalue weighted by Gasteiger charge is 2.19. The van der Waals surface area contributed by atoms with Crippen LogP contribution in [0.4, 0.5) is 10.2 Å². The maximum absolute atomic E-state index is 13.4. The van der Waals surface area contributed by atoms with Crippen molar-refractivity contribution in [2.45, 2.75) is 6.54 Å². The van der Waals surface area contributed by atoms with Gasteiger partial charge in [-0.05, 0) is 35.9 Å². The molecule has 5 nitrogen and oxygen atoms in total. The molecule has 1 aliphatic heterocycles. The highest BCUT2D eigenvalue weighted by molar-refractivity contribution is 9.10. The molecule has 0 saturated carbocycles. The number of ether oxygens (including phenoxy) is 1. The van der Waals surface area contributed by atoms with Crippen LogP contribution in [0.15, 0.2) is 41.0 Å².